The van der Waals surface area contributed by atoms with Crippen molar-refractivity contribution in [1.29, 1.82) is 0 Å². The lowest BCUT2D eigenvalue weighted by Crippen LogP contribution is -2.58. The molecule has 4 aliphatic heterocycles. The first kappa shape index (κ1) is 53.3. The van der Waals surface area contributed by atoms with Crippen LogP contribution in [-0.2, 0) is 54.8 Å². The van der Waals surface area contributed by atoms with E-state index in [9.17, 15) is 24.0 Å². The average molecular weight is 1040 g/mol. The predicted octanol–water partition coefficient (Wildman–Crippen LogP) is 3.80. The summed E-state index contributed by atoms with van der Waals surface area (Å²) >= 11 is 0. The van der Waals surface area contributed by atoms with Crippen LogP contribution in [0.5, 0.6) is 0 Å². The number of fused-ring (bicyclic) bond motifs is 4. The van der Waals surface area contributed by atoms with Crippen LogP contribution in [0.2, 0.25) is 0 Å². The second kappa shape index (κ2) is 24.1. The van der Waals surface area contributed by atoms with Crippen molar-refractivity contribution in [3.8, 4) is 0 Å². The Bertz CT molecular complexity index is 2690. The Hall–Kier alpha value is -6.09. The van der Waals surface area contributed by atoms with Gasteiger partial charge in [0, 0.05) is 24.7 Å². The largest absolute Gasteiger partial charge is 0.369 e. The van der Waals surface area contributed by atoms with Gasteiger partial charge < -0.3 is 41.5 Å². The summed E-state index contributed by atoms with van der Waals surface area (Å²) in [5.41, 5.74) is 6.23. The number of carbonyl (C=O) groups excluding carboxylic acids is 5. The van der Waals surface area contributed by atoms with E-state index in [4.69, 9.17) is 4.74 Å². The number of rotatable bonds is 16. The van der Waals surface area contributed by atoms with E-state index in [1.807, 2.05) is 40.8 Å². The third kappa shape index (κ3) is 11.9. The Labute approximate surface area is 445 Å². The van der Waals surface area contributed by atoms with Gasteiger partial charge in [0.2, 0.25) is 29.5 Å². The zero-order valence-electron chi connectivity index (χ0n) is 44.7. The summed E-state index contributed by atoms with van der Waals surface area (Å²) < 4.78 is 9.98. The van der Waals surface area contributed by atoms with Crippen LogP contribution in [0, 0.1) is 0 Å². The molecule has 4 fully saturated rings. The predicted molar refractivity (Wildman–Crippen MR) is 283 cm³/mol. The van der Waals surface area contributed by atoms with Crippen molar-refractivity contribution < 1.29 is 28.7 Å². The number of carbonyl (C=O) groups is 5. The van der Waals surface area contributed by atoms with Crippen molar-refractivity contribution in [3.63, 3.8) is 0 Å². The Balaban J connectivity index is 0.780. The summed E-state index contributed by atoms with van der Waals surface area (Å²) in [5.74, 6) is -0.652. The van der Waals surface area contributed by atoms with Gasteiger partial charge in [-0.25, -0.2) is 9.36 Å². The second-order valence-electron chi connectivity index (χ2n) is 22.3. The summed E-state index contributed by atoms with van der Waals surface area (Å²) in [6, 6.07) is 13.6. The van der Waals surface area contributed by atoms with Gasteiger partial charge in [-0.05, 0) is 153 Å². The topological polar surface area (TPSA) is 235 Å². The van der Waals surface area contributed by atoms with Crippen molar-refractivity contribution >= 4 is 29.5 Å². The van der Waals surface area contributed by atoms with E-state index >= 15 is 0 Å². The molecule has 0 bridgehead atoms. The summed E-state index contributed by atoms with van der Waals surface area (Å²) in [6.07, 6.45) is 16.3. The van der Waals surface area contributed by atoms with Gasteiger partial charge >= 0.3 is 0 Å². The van der Waals surface area contributed by atoms with Crippen LogP contribution < -0.4 is 31.9 Å². The Kier molecular flexibility index (Phi) is 16.9. The molecule has 2 aromatic heterocycles. The van der Waals surface area contributed by atoms with Crippen LogP contribution in [0.4, 0.5) is 0 Å². The molecule has 2 aromatic carbocycles. The van der Waals surface area contributed by atoms with Crippen molar-refractivity contribution in [3.05, 3.63) is 94.6 Å². The van der Waals surface area contributed by atoms with E-state index < -0.39 is 18.1 Å². The van der Waals surface area contributed by atoms with E-state index in [0.717, 1.165) is 69.8 Å². The molecular weight excluding hydrogens is 965 g/mol. The van der Waals surface area contributed by atoms with Gasteiger partial charge in [-0.15, -0.1) is 10.2 Å². The van der Waals surface area contributed by atoms with Gasteiger partial charge in [0.05, 0.1) is 67.9 Å². The highest BCUT2D eigenvalue weighted by molar-refractivity contribution is 5.94. The van der Waals surface area contributed by atoms with Gasteiger partial charge in [-0.3, -0.25) is 28.9 Å². The quantitative estimate of drug-likeness (QED) is 0.0939. The minimum atomic E-state index is -0.806. The molecule has 408 valence electrons. The number of hydrogen-bond acceptors (Lipinski definition) is 13. The smallest absolute Gasteiger partial charge is 0.246 e. The summed E-state index contributed by atoms with van der Waals surface area (Å²) in [7, 11) is 3.49. The third-order valence-corrected chi connectivity index (χ3v) is 17.5. The zero-order valence-corrected chi connectivity index (χ0v) is 44.7. The fourth-order valence-corrected chi connectivity index (χ4v) is 13.1. The van der Waals surface area contributed by atoms with Gasteiger partial charge in [0.1, 0.15) is 23.5 Å². The van der Waals surface area contributed by atoms with Gasteiger partial charge in [0.15, 0.2) is 0 Å². The molecule has 0 unspecified atom stereocenters. The van der Waals surface area contributed by atoms with Crippen LogP contribution in [0.15, 0.2) is 60.9 Å². The summed E-state index contributed by atoms with van der Waals surface area (Å²) in [4.78, 5) is 73.5. The first-order valence-electron chi connectivity index (χ1n) is 28.1. The molecule has 5 amide bonds. The molecule has 0 spiro atoms. The lowest BCUT2D eigenvalue weighted by molar-refractivity contribution is -0.145. The molecule has 20 nitrogen and oxygen atoms in total. The van der Waals surface area contributed by atoms with Crippen LogP contribution in [0.25, 0.3) is 0 Å². The fourth-order valence-electron chi connectivity index (χ4n) is 13.1. The highest BCUT2D eigenvalue weighted by Crippen LogP contribution is 2.39. The number of benzene rings is 2. The van der Waals surface area contributed by atoms with Crippen LogP contribution in [-0.4, -0.2) is 138 Å². The number of nitrogens with one attached hydrogen (secondary N) is 6. The number of aromatic nitrogens is 6. The first-order valence-corrected chi connectivity index (χ1v) is 28.1. The molecular formula is C56H78N14O6. The van der Waals surface area contributed by atoms with Crippen molar-refractivity contribution in [1.82, 2.24) is 71.7 Å². The molecule has 4 aromatic rings. The van der Waals surface area contributed by atoms with Crippen molar-refractivity contribution in [2.75, 3.05) is 20.6 Å². The van der Waals surface area contributed by atoms with Crippen LogP contribution in [0.3, 0.4) is 0 Å². The number of hydrogen-bond donors (Lipinski definition) is 6. The fraction of sp³-hybridized carbons (Fsp3) is 0.625. The molecule has 0 saturated carbocycles. The highest BCUT2D eigenvalue weighted by Gasteiger charge is 2.47. The Morgan fingerprint density at radius 2 is 1.11 bits per heavy atom. The standard InChI is InChI=1S/C56H78N14O6/c1-34(57-3)52(71)59-38-19-20-42(27-41-22-25-50(67(41)29-38)54(73)60-47-17-9-13-36-11-5-7-15-45(36)47)68-30-39(63-65-68)32-76-33-40-31-69(66-64-40)43-21-24-49(62-53(72)35(2)58-4)56(75)70-44(28-43)23-26-51(70)55(74)61-48-18-10-14-37-12-6-8-16-46(37)48/h5-8,11-12,15-16,30-31,34-35,38,41-44,47-51,57-58H,9-10,13-14,17-29,32-33H2,1-4H3,(H,59,71)(H,60,73)(H,61,74)(H,62,72)/t34-,35-,38-,41+,42+,43+,44+,47+,48-,49-,50-,51-/m0/s1. The molecule has 0 radical (unpaired) electrons. The van der Waals surface area contributed by atoms with Crippen LogP contribution >= 0.6 is 0 Å². The monoisotopic (exact) mass is 1040 g/mol. The van der Waals surface area contributed by atoms with Crippen molar-refractivity contribution in [2.45, 2.75) is 202 Å². The molecule has 6 aliphatic rings. The number of nitrogens with zero attached hydrogens (tertiary/aromatic N) is 8. The molecule has 2 aliphatic carbocycles. The Morgan fingerprint density at radius 3 is 1.71 bits per heavy atom. The van der Waals surface area contributed by atoms with E-state index in [2.05, 4.69) is 93.8 Å². The lowest BCUT2D eigenvalue weighted by Gasteiger charge is -2.38. The van der Waals surface area contributed by atoms with E-state index in [0.29, 0.717) is 56.5 Å². The van der Waals surface area contributed by atoms with Gasteiger partial charge in [0.25, 0.3) is 0 Å². The maximum atomic E-state index is 14.5. The second-order valence-corrected chi connectivity index (χ2v) is 22.3. The van der Waals surface area contributed by atoms with E-state index in [1.54, 1.807) is 25.9 Å². The number of likely N-dealkylation sites (N-methyl/N-ethyl adjacent to an activating group) is 2. The summed E-state index contributed by atoms with van der Waals surface area (Å²) in [6.45, 7) is 4.60. The normalized spacial score (nSPS) is 28.5. The average Bonchev–Trinajstić information content (AvgIpc) is 4.28. The highest BCUT2D eigenvalue weighted by atomic mass is 16.5. The maximum absolute atomic E-state index is 14.5. The number of aryl methyl sites for hydroxylation is 2. The first-order chi connectivity index (χ1) is 36.9. The zero-order chi connectivity index (χ0) is 52.9. The van der Waals surface area contributed by atoms with E-state index in [1.165, 1.54) is 16.7 Å². The van der Waals surface area contributed by atoms with Gasteiger partial charge in [-0.1, -0.05) is 59.0 Å². The van der Waals surface area contributed by atoms with Crippen molar-refractivity contribution in [2.24, 2.45) is 0 Å². The maximum Gasteiger partial charge on any atom is 0.246 e. The van der Waals surface area contributed by atoms with Crippen LogP contribution in [0.1, 0.15) is 162 Å². The molecule has 6 N–H and O–H groups in total. The lowest BCUT2D eigenvalue weighted by atomic mass is 9.87. The van der Waals surface area contributed by atoms with E-state index in [-0.39, 0.29) is 97.1 Å². The molecule has 12 atom stereocenters. The van der Waals surface area contributed by atoms with Gasteiger partial charge in [-0.2, -0.15) is 0 Å². The Morgan fingerprint density at radius 1 is 0.592 bits per heavy atom. The summed E-state index contributed by atoms with van der Waals surface area (Å²) in [5, 5.41) is 37.3. The minimum absolute atomic E-state index is 0.00403. The SMILES string of the molecule is CN[C@@H](C)C(=O)N[C@H]1CC[C@@H](n2cc(COCc3cn([C@@H]4CC[C@H](NC(=O)[C@H](C)NC)C(=O)N5[C@H](CC[C@H]5C(=O)N[C@H]5CCCc6ccccc65)C4)nn3)nn2)C[C@H]2CC[C@@H](C(=O)N[C@@H]3CCCc4ccccc43)N2C1. The molecule has 4 saturated heterocycles. The molecule has 10 rings (SSSR count). The third-order valence-electron chi connectivity index (χ3n) is 17.5. The number of amides is 5. The molecule has 20 heteroatoms. The molecule has 6 heterocycles. The minimum Gasteiger partial charge on any atom is -0.369 e. The number of ether oxygens (including phenoxy) is 1. The molecule has 76 heavy (non-hydrogen) atoms.